The number of aromatic nitrogens is 3. The van der Waals surface area contributed by atoms with Crippen LogP contribution in [0.5, 0.6) is 5.75 Å². The van der Waals surface area contributed by atoms with Gasteiger partial charge in [0.2, 0.25) is 0 Å². The van der Waals surface area contributed by atoms with Crippen LogP contribution in [0.3, 0.4) is 0 Å². The number of carbonyl (C=O) groups is 1. The molecule has 0 saturated carbocycles. The van der Waals surface area contributed by atoms with E-state index in [9.17, 15) is 9.90 Å². The molecule has 4 aromatic rings. The van der Waals surface area contributed by atoms with E-state index in [0.29, 0.717) is 35.3 Å². The SMILES string of the molecule is Cc1ccc(COc2cc(Cl)c3nc(CC(C)(C)C(=O)O)n(Cc4ccc(Br)cc4)c3c2)nc1. The maximum absolute atomic E-state index is 11.8. The van der Waals surface area contributed by atoms with Crippen LogP contribution in [0.2, 0.25) is 5.02 Å². The smallest absolute Gasteiger partial charge is 0.309 e. The predicted molar refractivity (Wildman–Crippen MR) is 136 cm³/mol. The fraction of sp³-hybridized carbons (Fsp3) is 0.269. The van der Waals surface area contributed by atoms with E-state index in [1.165, 1.54) is 0 Å². The lowest BCUT2D eigenvalue weighted by molar-refractivity contribution is -0.146. The number of pyridine rings is 1. The summed E-state index contributed by atoms with van der Waals surface area (Å²) in [7, 11) is 0. The van der Waals surface area contributed by atoms with E-state index < -0.39 is 11.4 Å². The van der Waals surface area contributed by atoms with Crippen molar-refractivity contribution < 1.29 is 14.6 Å². The summed E-state index contributed by atoms with van der Waals surface area (Å²) in [6.07, 6.45) is 2.06. The lowest BCUT2D eigenvalue weighted by Gasteiger charge is -2.19. The van der Waals surface area contributed by atoms with Crippen molar-refractivity contribution in [2.45, 2.75) is 40.3 Å². The Hall–Kier alpha value is -2.90. The maximum Gasteiger partial charge on any atom is 0.309 e. The van der Waals surface area contributed by atoms with Gasteiger partial charge in [0.25, 0.3) is 0 Å². The van der Waals surface area contributed by atoms with Gasteiger partial charge >= 0.3 is 5.97 Å². The number of hydrogen-bond acceptors (Lipinski definition) is 4. The highest BCUT2D eigenvalue weighted by Gasteiger charge is 2.30. The van der Waals surface area contributed by atoms with Gasteiger partial charge in [0.1, 0.15) is 23.7 Å². The van der Waals surface area contributed by atoms with E-state index in [1.807, 2.05) is 54.0 Å². The molecule has 2 aromatic carbocycles. The van der Waals surface area contributed by atoms with Crippen LogP contribution in [0.4, 0.5) is 0 Å². The molecule has 34 heavy (non-hydrogen) atoms. The number of rotatable bonds is 8. The van der Waals surface area contributed by atoms with E-state index in [1.54, 1.807) is 26.1 Å². The molecule has 0 radical (unpaired) electrons. The number of fused-ring (bicyclic) bond motifs is 1. The third-order valence-corrected chi connectivity index (χ3v) is 6.47. The largest absolute Gasteiger partial charge is 0.487 e. The number of nitrogens with zero attached hydrogens (tertiary/aromatic N) is 3. The van der Waals surface area contributed by atoms with Gasteiger partial charge in [-0.2, -0.15) is 0 Å². The van der Waals surface area contributed by atoms with Gasteiger partial charge in [0, 0.05) is 35.8 Å². The number of halogens is 2. The average Bonchev–Trinajstić information content (AvgIpc) is 3.12. The van der Waals surface area contributed by atoms with Crippen LogP contribution in [-0.2, 0) is 24.4 Å². The Bertz CT molecular complexity index is 1330. The molecule has 8 heteroatoms. The monoisotopic (exact) mass is 541 g/mol. The molecule has 0 spiro atoms. The van der Waals surface area contributed by atoms with Gasteiger partial charge in [0.15, 0.2) is 0 Å². The Morgan fingerprint density at radius 1 is 1.18 bits per heavy atom. The van der Waals surface area contributed by atoms with Crippen molar-refractivity contribution in [3.63, 3.8) is 0 Å². The van der Waals surface area contributed by atoms with Crippen LogP contribution >= 0.6 is 27.5 Å². The second kappa shape index (κ2) is 9.76. The van der Waals surface area contributed by atoms with E-state index in [0.717, 1.165) is 26.8 Å². The second-order valence-corrected chi connectivity index (χ2v) is 10.3. The van der Waals surface area contributed by atoms with E-state index >= 15 is 0 Å². The lowest BCUT2D eigenvalue weighted by atomic mass is 9.89. The van der Waals surface area contributed by atoms with Gasteiger partial charge in [0.05, 0.1) is 21.6 Å². The van der Waals surface area contributed by atoms with Gasteiger partial charge in [-0.15, -0.1) is 0 Å². The van der Waals surface area contributed by atoms with Crippen LogP contribution in [0.25, 0.3) is 11.0 Å². The first-order valence-electron chi connectivity index (χ1n) is 10.8. The highest BCUT2D eigenvalue weighted by atomic mass is 79.9. The van der Waals surface area contributed by atoms with Crippen molar-refractivity contribution >= 4 is 44.5 Å². The molecule has 2 aromatic heterocycles. The minimum Gasteiger partial charge on any atom is -0.487 e. The van der Waals surface area contributed by atoms with Crippen molar-refractivity contribution in [3.8, 4) is 5.75 Å². The highest BCUT2D eigenvalue weighted by Crippen LogP contribution is 2.33. The number of carboxylic acids is 1. The number of imidazole rings is 1. The second-order valence-electron chi connectivity index (χ2n) is 8.99. The molecule has 0 aliphatic heterocycles. The van der Waals surface area contributed by atoms with Gasteiger partial charge in [-0.1, -0.05) is 45.7 Å². The molecule has 0 fully saturated rings. The Morgan fingerprint density at radius 3 is 2.56 bits per heavy atom. The molecule has 2 heterocycles. The molecule has 0 amide bonds. The number of aryl methyl sites for hydroxylation is 1. The summed E-state index contributed by atoms with van der Waals surface area (Å²) >= 11 is 10.1. The fourth-order valence-electron chi connectivity index (χ4n) is 3.58. The number of carboxylic acid groups (broad SMARTS) is 1. The molecule has 0 unspecified atom stereocenters. The van der Waals surface area contributed by atoms with Gasteiger partial charge in [-0.25, -0.2) is 4.98 Å². The standard InChI is InChI=1S/C26H25BrClN3O3/c1-16-4-9-19(29-13-16)15-34-20-10-21(28)24-22(11-20)31(14-17-5-7-18(27)8-6-17)23(30-24)12-26(2,3)25(32)33/h4-11,13H,12,14-15H2,1-3H3,(H,32,33). The van der Waals surface area contributed by atoms with Crippen molar-refractivity contribution in [2.24, 2.45) is 5.41 Å². The summed E-state index contributed by atoms with van der Waals surface area (Å²) in [5.74, 6) is 0.376. The Kier molecular flexibility index (Phi) is 6.96. The van der Waals surface area contributed by atoms with Gasteiger partial charge in [-0.05, 0) is 50.1 Å². The molecule has 0 bridgehead atoms. The summed E-state index contributed by atoms with van der Waals surface area (Å²) in [5.41, 5.74) is 3.38. The number of benzene rings is 2. The van der Waals surface area contributed by atoms with E-state index in [-0.39, 0.29) is 6.42 Å². The zero-order chi connectivity index (χ0) is 24.5. The molecule has 176 valence electrons. The zero-order valence-electron chi connectivity index (χ0n) is 19.2. The summed E-state index contributed by atoms with van der Waals surface area (Å²) < 4.78 is 9.01. The maximum atomic E-state index is 11.8. The van der Waals surface area contributed by atoms with Crippen LogP contribution in [-0.4, -0.2) is 25.6 Å². The van der Waals surface area contributed by atoms with E-state index in [4.69, 9.17) is 21.3 Å². The van der Waals surface area contributed by atoms with Crippen LogP contribution in [0.15, 0.2) is 59.2 Å². The number of aliphatic carboxylic acids is 1. The molecular formula is C26H25BrClN3O3. The fourth-order valence-corrected chi connectivity index (χ4v) is 4.10. The normalized spacial score (nSPS) is 11.7. The highest BCUT2D eigenvalue weighted by molar-refractivity contribution is 9.10. The quantitative estimate of drug-likeness (QED) is 0.277. The molecule has 6 nitrogen and oxygen atoms in total. The van der Waals surface area contributed by atoms with Gasteiger partial charge < -0.3 is 14.4 Å². The molecule has 0 atom stereocenters. The van der Waals surface area contributed by atoms with Crippen LogP contribution in [0.1, 0.15) is 36.5 Å². The van der Waals surface area contributed by atoms with Crippen LogP contribution < -0.4 is 4.74 Å². The molecule has 0 aliphatic carbocycles. The molecule has 1 N–H and O–H groups in total. The minimum atomic E-state index is -0.984. The summed E-state index contributed by atoms with van der Waals surface area (Å²) in [6, 6.07) is 15.6. The lowest BCUT2D eigenvalue weighted by Crippen LogP contribution is -2.27. The topological polar surface area (TPSA) is 77.2 Å². The van der Waals surface area contributed by atoms with Crippen molar-refractivity contribution in [2.75, 3.05) is 0 Å². The Balaban J connectivity index is 1.74. The zero-order valence-corrected chi connectivity index (χ0v) is 21.5. The first kappa shape index (κ1) is 24.2. The molecule has 4 rings (SSSR count). The molecule has 0 aliphatic rings. The van der Waals surface area contributed by atoms with Gasteiger partial charge in [-0.3, -0.25) is 9.78 Å². The summed E-state index contributed by atoms with van der Waals surface area (Å²) in [4.78, 5) is 21.0. The minimum absolute atomic E-state index is 0.257. The van der Waals surface area contributed by atoms with Crippen molar-refractivity contribution in [1.82, 2.24) is 14.5 Å². The predicted octanol–water partition coefficient (Wildman–Crippen LogP) is 6.44. The number of hydrogen-bond donors (Lipinski definition) is 1. The van der Waals surface area contributed by atoms with Crippen LogP contribution in [0, 0.1) is 12.3 Å². The summed E-state index contributed by atoms with van der Waals surface area (Å²) in [6.45, 7) is 6.21. The van der Waals surface area contributed by atoms with E-state index in [2.05, 4.69) is 20.9 Å². The average molecular weight is 543 g/mol. The van der Waals surface area contributed by atoms with Crippen molar-refractivity contribution in [1.29, 1.82) is 0 Å². The third-order valence-electron chi connectivity index (χ3n) is 5.65. The first-order valence-corrected chi connectivity index (χ1v) is 12.0. The third kappa shape index (κ3) is 5.42. The molecular weight excluding hydrogens is 518 g/mol. The summed E-state index contributed by atoms with van der Waals surface area (Å²) in [5, 5.41) is 10.1. The molecule has 0 saturated heterocycles. The Labute approximate surface area is 211 Å². The van der Waals surface area contributed by atoms with Crippen molar-refractivity contribution in [3.05, 3.63) is 86.9 Å². The Morgan fingerprint density at radius 2 is 1.91 bits per heavy atom. The number of ether oxygens (including phenoxy) is 1. The first-order chi connectivity index (χ1) is 16.1.